The fourth-order valence-corrected chi connectivity index (χ4v) is 4.02. The Morgan fingerprint density at radius 2 is 1.58 bits per heavy atom. The highest BCUT2D eigenvalue weighted by molar-refractivity contribution is 5.81. The summed E-state index contributed by atoms with van der Waals surface area (Å²) in [6.07, 6.45) is 8.92. The first kappa shape index (κ1) is 18.9. The second-order valence-electron chi connectivity index (χ2n) is 7.66. The topological polar surface area (TPSA) is 49.4 Å². The highest BCUT2D eigenvalue weighted by Crippen LogP contribution is 2.21. The molecule has 1 aromatic carbocycles. The molecule has 0 spiro atoms. The van der Waals surface area contributed by atoms with Gasteiger partial charge in [0.25, 0.3) is 0 Å². The molecule has 1 N–H and O–H groups in total. The minimum absolute atomic E-state index is 0.0214. The Morgan fingerprint density at radius 1 is 0.962 bits per heavy atom. The number of rotatable bonds is 4. The van der Waals surface area contributed by atoms with Crippen molar-refractivity contribution in [1.29, 1.82) is 0 Å². The molecule has 0 aromatic heterocycles. The minimum Gasteiger partial charge on any atom is -0.353 e. The van der Waals surface area contributed by atoms with Crippen molar-refractivity contribution in [3.05, 3.63) is 35.6 Å². The normalized spacial score (nSPS) is 19.8. The van der Waals surface area contributed by atoms with Gasteiger partial charge in [0.15, 0.2) is 0 Å². The summed E-state index contributed by atoms with van der Waals surface area (Å²) in [5, 5.41) is 3.24. The molecule has 2 fully saturated rings. The molecule has 26 heavy (non-hydrogen) atoms. The number of carbonyl (C=O) groups is 2. The third-order valence-corrected chi connectivity index (χ3v) is 5.69. The molecule has 1 aromatic rings. The van der Waals surface area contributed by atoms with Crippen LogP contribution in [0.25, 0.3) is 0 Å². The summed E-state index contributed by atoms with van der Waals surface area (Å²) in [7, 11) is 0. The quantitative estimate of drug-likeness (QED) is 0.836. The number of likely N-dealkylation sites (tertiary alicyclic amines) is 1. The van der Waals surface area contributed by atoms with E-state index in [2.05, 4.69) is 5.32 Å². The summed E-state index contributed by atoms with van der Waals surface area (Å²) < 4.78 is 13.0. The van der Waals surface area contributed by atoms with Gasteiger partial charge in [0.05, 0.1) is 6.42 Å². The van der Waals surface area contributed by atoms with Gasteiger partial charge in [-0.3, -0.25) is 9.59 Å². The van der Waals surface area contributed by atoms with E-state index in [9.17, 15) is 14.0 Å². The van der Waals surface area contributed by atoms with E-state index >= 15 is 0 Å². The molecule has 0 bridgehead atoms. The molecule has 1 aliphatic carbocycles. The van der Waals surface area contributed by atoms with Gasteiger partial charge in [-0.1, -0.05) is 37.8 Å². The van der Waals surface area contributed by atoms with E-state index in [1.165, 1.54) is 37.8 Å². The smallest absolute Gasteiger partial charge is 0.226 e. The standard InChI is InChI=1S/C21H29FN2O2/c22-18-9-7-16(8-10-18)15-20(25)24-13-11-17(12-14-24)21(26)23-19-5-3-1-2-4-6-19/h7-10,17,19H,1-6,11-15H2,(H,23,26). The maximum atomic E-state index is 13.0. The van der Waals surface area contributed by atoms with E-state index in [1.54, 1.807) is 12.1 Å². The van der Waals surface area contributed by atoms with Gasteiger partial charge in [0.2, 0.25) is 11.8 Å². The molecule has 2 amide bonds. The van der Waals surface area contributed by atoms with Gasteiger partial charge in [0, 0.05) is 25.0 Å². The molecule has 3 rings (SSSR count). The lowest BCUT2D eigenvalue weighted by Crippen LogP contribution is -2.45. The number of nitrogens with zero attached hydrogens (tertiary/aromatic N) is 1. The molecule has 1 aliphatic heterocycles. The number of hydrogen-bond donors (Lipinski definition) is 1. The molecule has 1 heterocycles. The van der Waals surface area contributed by atoms with Gasteiger partial charge < -0.3 is 10.2 Å². The van der Waals surface area contributed by atoms with Gasteiger partial charge in [-0.25, -0.2) is 4.39 Å². The van der Waals surface area contributed by atoms with Gasteiger partial charge >= 0.3 is 0 Å². The van der Waals surface area contributed by atoms with Crippen LogP contribution in [0, 0.1) is 11.7 Å². The highest BCUT2D eigenvalue weighted by atomic mass is 19.1. The summed E-state index contributed by atoms with van der Waals surface area (Å²) in [4.78, 5) is 26.8. The monoisotopic (exact) mass is 360 g/mol. The lowest BCUT2D eigenvalue weighted by molar-refractivity contribution is -0.135. The minimum atomic E-state index is -0.290. The van der Waals surface area contributed by atoms with Crippen molar-refractivity contribution < 1.29 is 14.0 Å². The van der Waals surface area contributed by atoms with Crippen LogP contribution in [-0.4, -0.2) is 35.8 Å². The fraction of sp³-hybridized carbons (Fsp3) is 0.619. The maximum absolute atomic E-state index is 13.0. The van der Waals surface area contributed by atoms with Crippen molar-refractivity contribution in [2.75, 3.05) is 13.1 Å². The average Bonchev–Trinajstić information content (AvgIpc) is 2.92. The second kappa shape index (κ2) is 9.15. The fourth-order valence-electron chi connectivity index (χ4n) is 4.02. The van der Waals surface area contributed by atoms with Crippen molar-refractivity contribution in [1.82, 2.24) is 10.2 Å². The largest absolute Gasteiger partial charge is 0.353 e. The van der Waals surface area contributed by atoms with Crippen LogP contribution in [0.1, 0.15) is 56.9 Å². The number of amides is 2. The third-order valence-electron chi connectivity index (χ3n) is 5.69. The number of nitrogens with one attached hydrogen (secondary N) is 1. The zero-order valence-electron chi connectivity index (χ0n) is 15.4. The van der Waals surface area contributed by atoms with Crippen LogP contribution in [0.5, 0.6) is 0 Å². The lowest BCUT2D eigenvalue weighted by Gasteiger charge is -2.32. The van der Waals surface area contributed by atoms with Crippen LogP contribution >= 0.6 is 0 Å². The molecule has 1 saturated carbocycles. The number of piperidine rings is 1. The van der Waals surface area contributed by atoms with Crippen molar-refractivity contribution >= 4 is 11.8 Å². The van der Waals surface area contributed by atoms with Crippen LogP contribution in [0.15, 0.2) is 24.3 Å². The molecule has 142 valence electrons. The molecule has 5 heteroatoms. The number of hydrogen-bond acceptors (Lipinski definition) is 2. The third kappa shape index (κ3) is 5.29. The Bertz CT molecular complexity index is 601. The Morgan fingerprint density at radius 3 is 2.19 bits per heavy atom. The van der Waals surface area contributed by atoms with Gasteiger partial charge in [0.1, 0.15) is 5.82 Å². The van der Waals surface area contributed by atoms with Gasteiger partial charge in [-0.05, 0) is 43.4 Å². The first-order chi connectivity index (χ1) is 12.6. The lowest BCUT2D eigenvalue weighted by atomic mass is 9.94. The van der Waals surface area contributed by atoms with E-state index in [0.717, 1.165) is 31.2 Å². The molecule has 0 unspecified atom stereocenters. The Balaban J connectivity index is 1.43. The van der Waals surface area contributed by atoms with Crippen molar-refractivity contribution in [3.63, 3.8) is 0 Å². The average molecular weight is 360 g/mol. The molecule has 4 nitrogen and oxygen atoms in total. The number of halogens is 1. The van der Waals surface area contributed by atoms with E-state index in [0.29, 0.717) is 25.6 Å². The highest BCUT2D eigenvalue weighted by Gasteiger charge is 2.28. The Kier molecular flexibility index (Phi) is 6.64. The predicted molar refractivity (Wildman–Crippen MR) is 99.0 cm³/mol. The summed E-state index contributed by atoms with van der Waals surface area (Å²) >= 11 is 0. The molecule has 2 aliphatic rings. The van der Waals surface area contributed by atoms with E-state index in [-0.39, 0.29) is 23.5 Å². The number of benzene rings is 1. The first-order valence-electron chi connectivity index (χ1n) is 9.94. The summed E-state index contributed by atoms with van der Waals surface area (Å²) in [6, 6.07) is 6.41. The van der Waals surface area contributed by atoms with Crippen LogP contribution < -0.4 is 5.32 Å². The van der Waals surface area contributed by atoms with Gasteiger partial charge in [-0.2, -0.15) is 0 Å². The molecule has 0 atom stereocenters. The van der Waals surface area contributed by atoms with Crippen molar-refractivity contribution in [2.24, 2.45) is 5.92 Å². The van der Waals surface area contributed by atoms with Crippen LogP contribution in [0.2, 0.25) is 0 Å². The van der Waals surface area contributed by atoms with E-state index in [1.807, 2.05) is 4.90 Å². The van der Waals surface area contributed by atoms with Crippen LogP contribution in [0.3, 0.4) is 0 Å². The molecule has 1 saturated heterocycles. The summed E-state index contributed by atoms with van der Waals surface area (Å²) in [5.41, 5.74) is 0.824. The first-order valence-corrected chi connectivity index (χ1v) is 9.94. The SMILES string of the molecule is O=C(NC1CCCCCC1)C1CCN(C(=O)Cc2ccc(F)cc2)CC1. The Hall–Kier alpha value is -1.91. The zero-order valence-corrected chi connectivity index (χ0v) is 15.4. The molecule has 0 radical (unpaired) electrons. The summed E-state index contributed by atoms with van der Waals surface area (Å²) in [6.45, 7) is 1.26. The van der Waals surface area contributed by atoms with Crippen LogP contribution in [-0.2, 0) is 16.0 Å². The molecular weight excluding hydrogens is 331 g/mol. The molecular formula is C21H29FN2O2. The van der Waals surface area contributed by atoms with Gasteiger partial charge in [-0.15, -0.1) is 0 Å². The maximum Gasteiger partial charge on any atom is 0.226 e. The number of carbonyl (C=O) groups excluding carboxylic acids is 2. The van der Waals surface area contributed by atoms with Crippen molar-refractivity contribution in [3.8, 4) is 0 Å². The van der Waals surface area contributed by atoms with E-state index < -0.39 is 0 Å². The van der Waals surface area contributed by atoms with Crippen LogP contribution in [0.4, 0.5) is 4.39 Å². The van der Waals surface area contributed by atoms with E-state index in [4.69, 9.17) is 0 Å². The zero-order chi connectivity index (χ0) is 18.4. The Labute approximate surface area is 155 Å². The predicted octanol–water partition coefficient (Wildman–Crippen LogP) is 3.45. The second-order valence-corrected chi connectivity index (χ2v) is 7.66. The van der Waals surface area contributed by atoms with Crippen molar-refractivity contribution in [2.45, 2.75) is 63.8 Å². The summed E-state index contributed by atoms with van der Waals surface area (Å²) in [5.74, 6) is -0.0448.